The van der Waals surface area contributed by atoms with Gasteiger partial charge in [0.2, 0.25) is 0 Å². The van der Waals surface area contributed by atoms with Crippen molar-refractivity contribution in [3.05, 3.63) is 39.9 Å². The molecule has 1 aromatic heterocycles. The van der Waals surface area contributed by atoms with Crippen molar-refractivity contribution in [3.8, 4) is 10.6 Å². The average molecular weight is 309 g/mol. The maximum Gasteiger partial charge on any atom is 0.123 e. The number of hydrogen-bond acceptors (Lipinski definition) is 3. The van der Waals surface area contributed by atoms with E-state index in [0.717, 1.165) is 35.1 Å². The van der Waals surface area contributed by atoms with Crippen molar-refractivity contribution in [2.45, 2.75) is 33.7 Å². The summed E-state index contributed by atoms with van der Waals surface area (Å²) in [6.45, 7) is 8.53. The summed E-state index contributed by atoms with van der Waals surface area (Å²) < 4.78 is 0. The lowest BCUT2D eigenvalue weighted by Gasteiger charge is -2.06. The first-order chi connectivity index (χ1) is 9.60. The molecule has 1 heterocycles. The average Bonchev–Trinajstić information content (AvgIpc) is 2.81. The van der Waals surface area contributed by atoms with E-state index in [1.165, 1.54) is 10.6 Å². The number of benzene rings is 1. The molecule has 0 fully saturated rings. The van der Waals surface area contributed by atoms with Crippen molar-refractivity contribution in [1.82, 2.24) is 10.3 Å². The molecule has 0 aliphatic carbocycles. The molecule has 2 aromatic rings. The first kappa shape index (κ1) is 15.5. The minimum atomic E-state index is 0.667. The second kappa shape index (κ2) is 7.21. The van der Waals surface area contributed by atoms with Gasteiger partial charge in [0.25, 0.3) is 0 Å². The quantitative estimate of drug-likeness (QED) is 0.831. The molecule has 0 amide bonds. The van der Waals surface area contributed by atoms with Gasteiger partial charge in [0, 0.05) is 22.0 Å². The van der Waals surface area contributed by atoms with E-state index in [-0.39, 0.29) is 0 Å². The van der Waals surface area contributed by atoms with Crippen LogP contribution in [0.5, 0.6) is 0 Å². The fourth-order valence-electron chi connectivity index (χ4n) is 2.02. The fraction of sp³-hybridized carbons (Fsp3) is 0.438. The van der Waals surface area contributed by atoms with E-state index >= 15 is 0 Å². The zero-order valence-electron chi connectivity index (χ0n) is 12.2. The lowest BCUT2D eigenvalue weighted by molar-refractivity contribution is 0.553. The largest absolute Gasteiger partial charge is 0.312 e. The lowest BCUT2D eigenvalue weighted by Crippen LogP contribution is -2.18. The second-order valence-corrected chi connectivity index (χ2v) is 6.80. The van der Waals surface area contributed by atoms with Crippen molar-refractivity contribution >= 4 is 22.9 Å². The smallest absolute Gasteiger partial charge is 0.123 e. The Morgan fingerprint density at radius 2 is 2.15 bits per heavy atom. The van der Waals surface area contributed by atoms with Gasteiger partial charge in [0.15, 0.2) is 0 Å². The third kappa shape index (κ3) is 4.05. The predicted octanol–water partition coefficient (Wildman–Crippen LogP) is 4.77. The van der Waals surface area contributed by atoms with Crippen LogP contribution in [0.2, 0.25) is 5.02 Å². The molecule has 4 heteroatoms. The highest BCUT2D eigenvalue weighted by Gasteiger charge is 2.11. The molecule has 0 atom stereocenters. The van der Waals surface area contributed by atoms with E-state index in [4.69, 9.17) is 16.6 Å². The summed E-state index contributed by atoms with van der Waals surface area (Å²) in [7, 11) is 0. The number of aryl methyl sites for hydroxylation is 1. The van der Waals surface area contributed by atoms with Gasteiger partial charge in [0.05, 0.1) is 5.69 Å². The fourth-order valence-corrected chi connectivity index (χ4v) is 3.32. The molecular formula is C16H21ClN2S. The third-order valence-electron chi connectivity index (χ3n) is 3.02. The highest BCUT2D eigenvalue weighted by molar-refractivity contribution is 7.15. The Bertz CT molecular complexity index is 563. The molecule has 20 heavy (non-hydrogen) atoms. The Labute approximate surface area is 130 Å². The summed E-state index contributed by atoms with van der Waals surface area (Å²) >= 11 is 7.82. The van der Waals surface area contributed by atoms with Crippen LogP contribution in [0.15, 0.2) is 24.3 Å². The maximum atomic E-state index is 6.06. The first-order valence-corrected chi connectivity index (χ1v) is 8.24. The van der Waals surface area contributed by atoms with Crippen LogP contribution < -0.4 is 5.32 Å². The Balaban J connectivity index is 2.18. The van der Waals surface area contributed by atoms with Crippen LogP contribution in [0, 0.1) is 5.92 Å². The molecule has 0 radical (unpaired) electrons. The molecule has 0 aliphatic heterocycles. The Morgan fingerprint density at radius 3 is 2.80 bits per heavy atom. The van der Waals surface area contributed by atoms with Gasteiger partial charge < -0.3 is 5.32 Å². The minimum absolute atomic E-state index is 0.667. The van der Waals surface area contributed by atoms with Crippen molar-refractivity contribution in [3.63, 3.8) is 0 Å². The topological polar surface area (TPSA) is 24.9 Å². The number of nitrogens with one attached hydrogen (secondary N) is 1. The van der Waals surface area contributed by atoms with Crippen LogP contribution in [0.25, 0.3) is 10.6 Å². The number of rotatable bonds is 6. The van der Waals surface area contributed by atoms with E-state index < -0.39 is 0 Å². The summed E-state index contributed by atoms with van der Waals surface area (Å²) in [5, 5.41) is 5.32. The van der Waals surface area contributed by atoms with Gasteiger partial charge in [-0.3, -0.25) is 0 Å². The van der Waals surface area contributed by atoms with Crippen LogP contribution in [0.3, 0.4) is 0 Å². The van der Waals surface area contributed by atoms with E-state index in [2.05, 4.69) is 32.2 Å². The molecular weight excluding hydrogens is 288 g/mol. The molecule has 0 spiro atoms. The number of halogens is 1. The van der Waals surface area contributed by atoms with Crippen LogP contribution in [0.1, 0.15) is 31.3 Å². The molecule has 108 valence electrons. The molecule has 0 unspecified atom stereocenters. The van der Waals surface area contributed by atoms with E-state index in [9.17, 15) is 0 Å². The zero-order chi connectivity index (χ0) is 14.5. The number of hydrogen-bond donors (Lipinski definition) is 1. The predicted molar refractivity (Wildman–Crippen MR) is 88.5 cm³/mol. The Hall–Kier alpha value is -0.900. The van der Waals surface area contributed by atoms with E-state index in [1.807, 2.05) is 18.2 Å². The van der Waals surface area contributed by atoms with Crippen molar-refractivity contribution in [2.75, 3.05) is 6.54 Å². The summed E-state index contributed by atoms with van der Waals surface area (Å²) in [5.41, 5.74) is 2.30. The number of aromatic nitrogens is 1. The standard InChI is InChI=1S/C16H21ClN2S/c1-4-14-15(10-18-9-11(2)3)20-16(19-14)12-6-5-7-13(17)8-12/h5-8,11,18H,4,9-10H2,1-3H3. The highest BCUT2D eigenvalue weighted by Crippen LogP contribution is 2.30. The van der Waals surface area contributed by atoms with Crippen molar-refractivity contribution in [1.29, 1.82) is 0 Å². The van der Waals surface area contributed by atoms with Gasteiger partial charge in [-0.2, -0.15) is 0 Å². The van der Waals surface area contributed by atoms with Gasteiger partial charge in [-0.15, -0.1) is 11.3 Å². The van der Waals surface area contributed by atoms with Gasteiger partial charge in [-0.05, 0) is 31.0 Å². The van der Waals surface area contributed by atoms with Crippen LogP contribution in [-0.2, 0) is 13.0 Å². The molecule has 1 N–H and O–H groups in total. The molecule has 0 saturated heterocycles. The van der Waals surface area contributed by atoms with E-state index in [0.29, 0.717) is 5.92 Å². The lowest BCUT2D eigenvalue weighted by atomic mass is 10.2. The summed E-state index contributed by atoms with van der Waals surface area (Å²) in [6.07, 6.45) is 0.968. The Morgan fingerprint density at radius 1 is 1.35 bits per heavy atom. The molecule has 0 bridgehead atoms. The zero-order valence-corrected chi connectivity index (χ0v) is 13.8. The molecule has 0 aliphatic rings. The normalized spacial score (nSPS) is 11.2. The van der Waals surface area contributed by atoms with Gasteiger partial charge in [-0.1, -0.05) is 44.5 Å². The minimum Gasteiger partial charge on any atom is -0.312 e. The highest BCUT2D eigenvalue weighted by atomic mass is 35.5. The molecule has 2 nitrogen and oxygen atoms in total. The van der Waals surface area contributed by atoms with Gasteiger partial charge >= 0.3 is 0 Å². The Kier molecular flexibility index (Phi) is 5.58. The summed E-state index contributed by atoms with van der Waals surface area (Å²) in [4.78, 5) is 6.09. The first-order valence-electron chi connectivity index (χ1n) is 7.05. The van der Waals surface area contributed by atoms with Gasteiger partial charge in [-0.25, -0.2) is 4.98 Å². The van der Waals surface area contributed by atoms with Gasteiger partial charge in [0.1, 0.15) is 5.01 Å². The number of nitrogens with zero attached hydrogens (tertiary/aromatic N) is 1. The maximum absolute atomic E-state index is 6.06. The summed E-state index contributed by atoms with van der Waals surface area (Å²) in [5.74, 6) is 0.667. The van der Waals surface area contributed by atoms with Crippen molar-refractivity contribution in [2.24, 2.45) is 5.92 Å². The number of thiazole rings is 1. The van der Waals surface area contributed by atoms with E-state index in [1.54, 1.807) is 11.3 Å². The van der Waals surface area contributed by atoms with Crippen molar-refractivity contribution < 1.29 is 0 Å². The molecule has 1 aromatic carbocycles. The molecule has 0 saturated carbocycles. The molecule has 2 rings (SSSR count). The summed E-state index contributed by atoms with van der Waals surface area (Å²) in [6, 6.07) is 7.91. The third-order valence-corrected chi connectivity index (χ3v) is 4.40. The monoisotopic (exact) mass is 308 g/mol. The van der Waals surface area contributed by atoms with Crippen LogP contribution in [0.4, 0.5) is 0 Å². The second-order valence-electron chi connectivity index (χ2n) is 5.28. The SMILES string of the molecule is CCc1nc(-c2cccc(Cl)c2)sc1CNCC(C)C. The van der Waals surface area contributed by atoms with Crippen LogP contribution >= 0.6 is 22.9 Å². The van der Waals surface area contributed by atoms with Crippen LogP contribution in [-0.4, -0.2) is 11.5 Å².